The second-order valence-corrected chi connectivity index (χ2v) is 6.80. The SMILES string of the molecule is COc1nn(C)cc1C(=O)N1CCN(CCNC(=O)c2ccc(C#N)cc2)CC1. The summed E-state index contributed by atoms with van der Waals surface area (Å²) in [5.74, 6) is 0.0983. The van der Waals surface area contributed by atoms with E-state index < -0.39 is 0 Å². The van der Waals surface area contributed by atoms with Gasteiger partial charge in [0.1, 0.15) is 5.56 Å². The van der Waals surface area contributed by atoms with Gasteiger partial charge in [-0.15, -0.1) is 5.10 Å². The lowest BCUT2D eigenvalue weighted by atomic mass is 10.1. The number of aryl methyl sites for hydroxylation is 1. The molecule has 2 aromatic rings. The molecular formula is C20H24N6O3. The van der Waals surface area contributed by atoms with Gasteiger partial charge in [-0.1, -0.05) is 0 Å². The van der Waals surface area contributed by atoms with Crippen molar-refractivity contribution in [3.63, 3.8) is 0 Å². The zero-order valence-corrected chi connectivity index (χ0v) is 16.6. The number of nitrogens with zero attached hydrogens (tertiary/aromatic N) is 5. The first-order chi connectivity index (χ1) is 14.0. The van der Waals surface area contributed by atoms with Crippen LogP contribution in [0.3, 0.4) is 0 Å². The average Bonchev–Trinajstić information content (AvgIpc) is 3.14. The van der Waals surface area contributed by atoms with Crippen molar-refractivity contribution in [3.8, 4) is 11.9 Å². The number of carbonyl (C=O) groups is 2. The lowest BCUT2D eigenvalue weighted by molar-refractivity contribution is 0.0635. The third kappa shape index (κ3) is 4.92. The summed E-state index contributed by atoms with van der Waals surface area (Å²) in [7, 11) is 3.26. The van der Waals surface area contributed by atoms with E-state index in [1.54, 1.807) is 47.1 Å². The highest BCUT2D eigenvalue weighted by molar-refractivity contribution is 5.96. The van der Waals surface area contributed by atoms with Crippen LogP contribution in [-0.2, 0) is 7.05 Å². The molecule has 0 radical (unpaired) electrons. The van der Waals surface area contributed by atoms with Crippen LogP contribution in [0.2, 0.25) is 0 Å². The average molecular weight is 396 g/mol. The molecule has 1 aromatic heterocycles. The molecule has 152 valence electrons. The number of hydrogen-bond acceptors (Lipinski definition) is 6. The van der Waals surface area contributed by atoms with Gasteiger partial charge in [0, 0.05) is 58.1 Å². The van der Waals surface area contributed by atoms with E-state index in [0.29, 0.717) is 48.7 Å². The van der Waals surface area contributed by atoms with Crippen molar-refractivity contribution >= 4 is 11.8 Å². The van der Waals surface area contributed by atoms with Gasteiger partial charge < -0.3 is 15.0 Å². The van der Waals surface area contributed by atoms with Gasteiger partial charge in [0.25, 0.3) is 11.8 Å². The van der Waals surface area contributed by atoms with Crippen LogP contribution in [0.1, 0.15) is 26.3 Å². The van der Waals surface area contributed by atoms with Crippen LogP contribution in [0, 0.1) is 11.3 Å². The first-order valence-electron chi connectivity index (χ1n) is 9.39. The minimum absolute atomic E-state index is 0.0799. The molecule has 1 N–H and O–H groups in total. The van der Waals surface area contributed by atoms with E-state index in [-0.39, 0.29) is 11.8 Å². The van der Waals surface area contributed by atoms with Crippen molar-refractivity contribution < 1.29 is 14.3 Å². The van der Waals surface area contributed by atoms with Gasteiger partial charge >= 0.3 is 0 Å². The fourth-order valence-electron chi connectivity index (χ4n) is 3.24. The summed E-state index contributed by atoms with van der Waals surface area (Å²) in [5.41, 5.74) is 1.53. The molecule has 2 amide bonds. The summed E-state index contributed by atoms with van der Waals surface area (Å²) in [6.07, 6.45) is 1.67. The van der Waals surface area contributed by atoms with Crippen LogP contribution in [0.5, 0.6) is 5.88 Å². The van der Waals surface area contributed by atoms with E-state index in [1.165, 1.54) is 7.11 Å². The van der Waals surface area contributed by atoms with Crippen molar-refractivity contribution in [1.29, 1.82) is 5.26 Å². The lowest BCUT2D eigenvalue weighted by Crippen LogP contribution is -2.50. The highest BCUT2D eigenvalue weighted by atomic mass is 16.5. The number of aromatic nitrogens is 2. The predicted molar refractivity (Wildman–Crippen MR) is 106 cm³/mol. The second kappa shape index (κ2) is 9.21. The van der Waals surface area contributed by atoms with Gasteiger partial charge in [0.15, 0.2) is 0 Å². The second-order valence-electron chi connectivity index (χ2n) is 6.80. The number of hydrogen-bond donors (Lipinski definition) is 1. The Morgan fingerprint density at radius 3 is 2.52 bits per heavy atom. The Kier molecular flexibility index (Phi) is 6.46. The Bertz CT molecular complexity index is 907. The fraction of sp³-hybridized carbons (Fsp3) is 0.400. The number of amides is 2. The molecule has 9 heteroatoms. The molecule has 29 heavy (non-hydrogen) atoms. The Balaban J connectivity index is 1.43. The molecule has 0 atom stereocenters. The summed E-state index contributed by atoms with van der Waals surface area (Å²) in [6.45, 7) is 3.92. The zero-order chi connectivity index (χ0) is 20.8. The Morgan fingerprint density at radius 2 is 1.90 bits per heavy atom. The molecule has 1 fully saturated rings. The lowest BCUT2D eigenvalue weighted by Gasteiger charge is -2.34. The van der Waals surface area contributed by atoms with E-state index in [1.807, 2.05) is 6.07 Å². The largest absolute Gasteiger partial charge is 0.479 e. The molecule has 0 bridgehead atoms. The number of methoxy groups -OCH3 is 1. The van der Waals surface area contributed by atoms with Crippen molar-refractivity contribution in [2.45, 2.75) is 0 Å². The number of piperazine rings is 1. The highest BCUT2D eigenvalue weighted by Crippen LogP contribution is 2.18. The molecule has 1 aliphatic heterocycles. The molecule has 9 nitrogen and oxygen atoms in total. The number of rotatable bonds is 6. The Hall–Kier alpha value is -3.38. The molecule has 1 aromatic carbocycles. The molecule has 1 aliphatic rings. The summed E-state index contributed by atoms with van der Waals surface area (Å²) in [5, 5.41) is 15.8. The number of carbonyl (C=O) groups excluding carboxylic acids is 2. The zero-order valence-electron chi connectivity index (χ0n) is 16.6. The van der Waals surface area contributed by atoms with Crippen LogP contribution >= 0.6 is 0 Å². The Labute approximate surface area is 169 Å². The summed E-state index contributed by atoms with van der Waals surface area (Å²) < 4.78 is 6.75. The maximum atomic E-state index is 12.7. The standard InChI is InChI=1S/C20H24N6O3/c1-24-14-17(19(23-24)29-2)20(28)26-11-9-25(10-12-26)8-7-22-18(27)16-5-3-15(13-21)4-6-16/h3-6,14H,7-12H2,1-2H3,(H,22,27). The normalized spacial score (nSPS) is 14.3. The third-order valence-corrected chi connectivity index (χ3v) is 4.87. The van der Waals surface area contributed by atoms with E-state index >= 15 is 0 Å². The van der Waals surface area contributed by atoms with Crippen molar-refractivity contribution in [1.82, 2.24) is 24.9 Å². The molecule has 0 unspecified atom stereocenters. The smallest absolute Gasteiger partial charge is 0.261 e. The maximum Gasteiger partial charge on any atom is 0.261 e. The number of nitrogens with one attached hydrogen (secondary N) is 1. The summed E-state index contributed by atoms with van der Waals surface area (Å²) >= 11 is 0. The van der Waals surface area contributed by atoms with Crippen molar-refractivity contribution in [2.75, 3.05) is 46.4 Å². The molecule has 0 spiro atoms. The van der Waals surface area contributed by atoms with Gasteiger partial charge in [0.2, 0.25) is 5.88 Å². The number of ether oxygens (including phenoxy) is 1. The van der Waals surface area contributed by atoms with Gasteiger partial charge in [-0.3, -0.25) is 19.2 Å². The summed E-state index contributed by atoms with van der Waals surface area (Å²) in [4.78, 5) is 28.9. The van der Waals surface area contributed by atoms with Crippen LogP contribution < -0.4 is 10.1 Å². The number of benzene rings is 1. The highest BCUT2D eigenvalue weighted by Gasteiger charge is 2.26. The van der Waals surface area contributed by atoms with Crippen LogP contribution in [0.4, 0.5) is 0 Å². The van der Waals surface area contributed by atoms with Gasteiger partial charge in [-0.05, 0) is 24.3 Å². The first-order valence-corrected chi connectivity index (χ1v) is 9.39. The molecule has 0 aliphatic carbocycles. The van der Waals surface area contributed by atoms with Crippen LogP contribution in [0.15, 0.2) is 30.5 Å². The predicted octanol–water partition coefficient (Wildman–Crippen LogP) is 0.488. The minimum Gasteiger partial charge on any atom is -0.479 e. The van der Waals surface area contributed by atoms with Gasteiger partial charge in [-0.25, -0.2) is 0 Å². The molecule has 0 saturated carbocycles. The minimum atomic E-state index is -0.160. The monoisotopic (exact) mass is 396 g/mol. The molecule has 3 rings (SSSR count). The van der Waals surface area contributed by atoms with Gasteiger partial charge in [-0.2, -0.15) is 5.26 Å². The quantitative estimate of drug-likeness (QED) is 0.762. The van der Waals surface area contributed by atoms with E-state index in [2.05, 4.69) is 15.3 Å². The first kappa shape index (κ1) is 20.4. The van der Waals surface area contributed by atoms with Crippen molar-refractivity contribution in [3.05, 3.63) is 47.2 Å². The molecule has 1 saturated heterocycles. The number of nitriles is 1. The topological polar surface area (TPSA) is 103 Å². The van der Waals surface area contributed by atoms with E-state index in [4.69, 9.17) is 10.00 Å². The Morgan fingerprint density at radius 1 is 1.21 bits per heavy atom. The van der Waals surface area contributed by atoms with Crippen LogP contribution in [0.25, 0.3) is 0 Å². The van der Waals surface area contributed by atoms with Gasteiger partial charge in [0.05, 0.1) is 18.7 Å². The van der Waals surface area contributed by atoms with E-state index in [9.17, 15) is 9.59 Å². The molecular weight excluding hydrogens is 372 g/mol. The molecule has 2 heterocycles. The van der Waals surface area contributed by atoms with Crippen LogP contribution in [-0.4, -0.2) is 77.8 Å². The van der Waals surface area contributed by atoms with E-state index in [0.717, 1.165) is 13.1 Å². The summed E-state index contributed by atoms with van der Waals surface area (Å²) in [6, 6.07) is 8.57. The fourth-order valence-corrected chi connectivity index (χ4v) is 3.24. The maximum absolute atomic E-state index is 12.7. The van der Waals surface area contributed by atoms with Crippen molar-refractivity contribution in [2.24, 2.45) is 7.05 Å². The third-order valence-electron chi connectivity index (χ3n) is 4.87.